The van der Waals surface area contributed by atoms with Crippen LogP contribution in [-0.4, -0.2) is 8.42 Å². The normalized spacial score (nSPS) is 11.7. The van der Waals surface area contributed by atoms with Gasteiger partial charge in [-0.2, -0.15) is 8.42 Å². The van der Waals surface area contributed by atoms with Crippen molar-refractivity contribution < 1.29 is 17.0 Å². The van der Waals surface area contributed by atoms with Gasteiger partial charge in [-0.1, -0.05) is 41.9 Å². The Morgan fingerprint density at radius 1 is 1.10 bits per heavy atom. The van der Waals surface area contributed by atoms with E-state index >= 15 is 0 Å². The van der Waals surface area contributed by atoms with Gasteiger partial charge in [-0.15, -0.1) is 0 Å². The average molecular weight is 313 g/mol. The zero-order chi connectivity index (χ0) is 14.6. The van der Waals surface area contributed by atoms with E-state index in [4.69, 9.17) is 15.8 Å². The highest BCUT2D eigenvalue weighted by Crippen LogP contribution is 2.26. The maximum Gasteiger partial charge on any atom is 0.332 e. The highest BCUT2D eigenvalue weighted by molar-refractivity contribution is 7.90. The smallest absolute Gasteiger partial charge is 0.332 e. The van der Waals surface area contributed by atoms with Gasteiger partial charge in [-0.3, -0.25) is 0 Å². The summed E-state index contributed by atoms with van der Waals surface area (Å²) >= 11 is 5.70. The Bertz CT molecular complexity index is 727. The molecule has 0 radical (unpaired) electrons. The van der Waals surface area contributed by atoms with E-state index in [1.807, 2.05) is 6.07 Å². The summed E-state index contributed by atoms with van der Waals surface area (Å²) in [6.45, 7) is 0. The van der Waals surface area contributed by atoms with Crippen LogP contribution in [-0.2, 0) is 10.1 Å². The molecule has 0 N–H and O–H groups in total. The highest BCUT2D eigenvalue weighted by atomic mass is 35.5. The second kappa shape index (κ2) is 6.07. The van der Waals surface area contributed by atoms with Crippen LogP contribution >= 0.6 is 11.6 Å². The first-order chi connectivity index (χ1) is 9.46. The van der Waals surface area contributed by atoms with Gasteiger partial charge in [0, 0.05) is 0 Å². The van der Waals surface area contributed by atoms with E-state index < -0.39 is 15.9 Å². The fraction of sp³-hybridized carbons (Fsp3) is 0. The Morgan fingerprint density at radius 2 is 1.80 bits per heavy atom. The van der Waals surface area contributed by atoms with Gasteiger partial charge < -0.3 is 4.18 Å². The standard InChI is InChI=1S/C14H10ClFO3S/c15-13-10-12(16)6-7-14(13)19-20(17,18)9-8-11-4-2-1-3-5-11/h1-10H/b9-8+. The molecule has 0 bridgehead atoms. The van der Waals surface area contributed by atoms with E-state index in [9.17, 15) is 12.8 Å². The minimum atomic E-state index is -3.96. The lowest BCUT2D eigenvalue weighted by molar-refractivity contribution is 0.495. The van der Waals surface area contributed by atoms with E-state index in [1.165, 1.54) is 6.08 Å². The van der Waals surface area contributed by atoms with Gasteiger partial charge in [0.1, 0.15) is 5.82 Å². The Balaban J connectivity index is 2.17. The van der Waals surface area contributed by atoms with Crippen LogP contribution < -0.4 is 4.18 Å². The second-order valence-electron chi connectivity index (χ2n) is 3.86. The van der Waals surface area contributed by atoms with E-state index in [0.717, 1.165) is 23.6 Å². The SMILES string of the molecule is O=S(=O)(/C=C/c1ccccc1)Oc1ccc(F)cc1Cl. The molecule has 0 aliphatic carbocycles. The first-order valence-electron chi connectivity index (χ1n) is 5.59. The summed E-state index contributed by atoms with van der Waals surface area (Å²) in [6, 6.07) is 12.1. The minimum absolute atomic E-state index is 0.110. The van der Waals surface area contributed by atoms with E-state index in [2.05, 4.69) is 0 Å². The second-order valence-corrected chi connectivity index (χ2v) is 5.70. The van der Waals surface area contributed by atoms with Crippen LogP contribution in [0.25, 0.3) is 6.08 Å². The Labute approximate surface area is 121 Å². The summed E-state index contributed by atoms with van der Waals surface area (Å²) in [5.74, 6) is -0.689. The quantitative estimate of drug-likeness (QED) is 0.805. The topological polar surface area (TPSA) is 43.4 Å². The van der Waals surface area contributed by atoms with Gasteiger partial charge in [0.2, 0.25) is 0 Å². The van der Waals surface area contributed by atoms with Gasteiger partial charge >= 0.3 is 10.1 Å². The van der Waals surface area contributed by atoms with Gasteiger partial charge in [-0.25, -0.2) is 4.39 Å². The molecule has 0 heterocycles. The number of hydrogen-bond acceptors (Lipinski definition) is 3. The van der Waals surface area contributed by atoms with Gasteiger partial charge in [0.15, 0.2) is 5.75 Å². The molecule has 6 heteroatoms. The molecule has 0 unspecified atom stereocenters. The fourth-order valence-electron chi connectivity index (χ4n) is 1.42. The summed E-state index contributed by atoms with van der Waals surface area (Å²) in [4.78, 5) is 0. The molecule has 2 rings (SSSR count). The molecule has 0 saturated heterocycles. The largest absolute Gasteiger partial charge is 0.378 e. The Hall–Kier alpha value is -1.85. The van der Waals surface area contributed by atoms with Crippen molar-refractivity contribution in [2.75, 3.05) is 0 Å². The number of halogens is 2. The molecule has 0 aromatic heterocycles. The van der Waals surface area contributed by atoms with Crippen molar-refractivity contribution in [1.82, 2.24) is 0 Å². The van der Waals surface area contributed by atoms with Crippen molar-refractivity contribution in [1.29, 1.82) is 0 Å². The summed E-state index contributed by atoms with van der Waals surface area (Å²) in [7, 11) is -3.96. The lowest BCUT2D eigenvalue weighted by Gasteiger charge is -2.05. The average Bonchev–Trinajstić information content (AvgIpc) is 2.41. The predicted molar refractivity (Wildman–Crippen MR) is 76.4 cm³/mol. The third kappa shape index (κ3) is 4.08. The molecule has 0 atom stereocenters. The third-order valence-corrected chi connectivity index (χ3v) is 3.50. The summed E-state index contributed by atoms with van der Waals surface area (Å²) in [6.07, 6.45) is 1.40. The van der Waals surface area contributed by atoms with Crippen molar-refractivity contribution in [3.63, 3.8) is 0 Å². The zero-order valence-electron chi connectivity index (χ0n) is 10.2. The molecule has 2 aromatic carbocycles. The van der Waals surface area contributed by atoms with Crippen LogP contribution in [0.15, 0.2) is 53.9 Å². The first kappa shape index (κ1) is 14.6. The molecular weight excluding hydrogens is 303 g/mol. The van der Waals surface area contributed by atoms with Gasteiger partial charge in [-0.05, 0) is 29.8 Å². The minimum Gasteiger partial charge on any atom is -0.378 e. The molecule has 104 valence electrons. The lowest BCUT2D eigenvalue weighted by Crippen LogP contribution is -2.05. The van der Waals surface area contributed by atoms with Crippen LogP contribution in [0.3, 0.4) is 0 Å². The molecule has 2 aromatic rings. The van der Waals surface area contributed by atoms with Crippen molar-refractivity contribution in [2.24, 2.45) is 0 Å². The van der Waals surface area contributed by atoms with E-state index in [0.29, 0.717) is 5.56 Å². The lowest BCUT2D eigenvalue weighted by atomic mass is 10.2. The maximum absolute atomic E-state index is 12.8. The maximum atomic E-state index is 12.8. The number of hydrogen-bond donors (Lipinski definition) is 0. The summed E-state index contributed by atoms with van der Waals surface area (Å²) < 4.78 is 41.1. The molecule has 0 amide bonds. The van der Waals surface area contributed by atoms with Crippen LogP contribution in [0.1, 0.15) is 5.56 Å². The van der Waals surface area contributed by atoms with Crippen LogP contribution in [0.4, 0.5) is 4.39 Å². The van der Waals surface area contributed by atoms with Crippen molar-refractivity contribution >= 4 is 27.8 Å². The van der Waals surface area contributed by atoms with Crippen LogP contribution in [0, 0.1) is 5.82 Å². The van der Waals surface area contributed by atoms with Crippen LogP contribution in [0.2, 0.25) is 5.02 Å². The Morgan fingerprint density at radius 3 is 2.45 bits per heavy atom. The number of benzene rings is 2. The third-order valence-electron chi connectivity index (χ3n) is 2.33. The highest BCUT2D eigenvalue weighted by Gasteiger charge is 2.11. The van der Waals surface area contributed by atoms with Gasteiger partial charge in [0.25, 0.3) is 0 Å². The Kier molecular flexibility index (Phi) is 4.42. The molecule has 0 saturated carbocycles. The number of rotatable bonds is 4. The zero-order valence-corrected chi connectivity index (χ0v) is 11.7. The first-order valence-corrected chi connectivity index (χ1v) is 7.44. The summed E-state index contributed by atoms with van der Waals surface area (Å²) in [5.41, 5.74) is 0.713. The van der Waals surface area contributed by atoms with Crippen LogP contribution in [0.5, 0.6) is 5.75 Å². The molecular formula is C14H10ClFO3S. The summed E-state index contributed by atoms with van der Waals surface area (Å²) in [5, 5.41) is 0.809. The molecule has 0 aliphatic heterocycles. The molecule has 20 heavy (non-hydrogen) atoms. The van der Waals surface area contributed by atoms with Crippen molar-refractivity contribution in [2.45, 2.75) is 0 Å². The predicted octanol–water partition coefficient (Wildman–Crippen LogP) is 3.86. The van der Waals surface area contributed by atoms with E-state index in [-0.39, 0.29) is 10.8 Å². The van der Waals surface area contributed by atoms with Crippen molar-refractivity contribution in [3.8, 4) is 5.75 Å². The molecule has 0 aliphatic rings. The molecule has 0 spiro atoms. The molecule has 3 nitrogen and oxygen atoms in total. The molecule has 0 fully saturated rings. The van der Waals surface area contributed by atoms with Gasteiger partial charge in [0.05, 0.1) is 10.4 Å². The fourth-order valence-corrected chi connectivity index (χ4v) is 2.45. The van der Waals surface area contributed by atoms with Crippen molar-refractivity contribution in [3.05, 3.63) is 70.3 Å². The monoisotopic (exact) mass is 312 g/mol. The van der Waals surface area contributed by atoms with E-state index in [1.54, 1.807) is 24.3 Å².